The molecular weight excluding hydrogens is 332 g/mol. The highest BCUT2D eigenvalue weighted by Crippen LogP contribution is 2.33. The third-order valence-corrected chi connectivity index (χ3v) is 4.41. The summed E-state index contributed by atoms with van der Waals surface area (Å²) in [7, 11) is 1.75. The Morgan fingerprint density at radius 3 is 2.69 bits per heavy atom. The molecule has 26 heavy (non-hydrogen) atoms. The van der Waals surface area contributed by atoms with Gasteiger partial charge in [-0.25, -0.2) is 0 Å². The largest absolute Gasteiger partial charge is 0.350 e. The van der Waals surface area contributed by atoms with E-state index in [9.17, 15) is 4.79 Å². The van der Waals surface area contributed by atoms with Crippen LogP contribution in [0.5, 0.6) is 0 Å². The van der Waals surface area contributed by atoms with Crippen LogP contribution in [-0.2, 0) is 20.9 Å². The monoisotopic (exact) mass is 364 g/mol. The molecule has 4 N–H and O–H groups in total. The lowest BCUT2D eigenvalue weighted by molar-refractivity contribution is -0.122. The molecule has 1 aromatic rings. The maximum Gasteiger partial charge on any atom is 0.234 e. The van der Waals surface area contributed by atoms with Crippen molar-refractivity contribution >= 4 is 5.91 Å². The summed E-state index contributed by atoms with van der Waals surface area (Å²) in [6.45, 7) is 3.15. The van der Waals surface area contributed by atoms with Gasteiger partial charge >= 0.3 is 0 Å². The average molecular weight is 364 g/mol. The van der Waals surface area contributed by atoms with Gasteiger partial charge in [0.1, 0.15) is 0 Å². The molecule has 2 rings (SSSR count). The Morgan fingerprint density at radius 1 is 1.23 bits per heavy atom. The lowest BCUT2D eigenvalue weighted by Crippen LogP contribution is -2.44. The number of carbonyl (C=O) groups is 1. The van der Waals surface area contributed by atoms with E-state index in [0.717, 1.165) is 12.8 Å². The Labute approximate surface area is 156 Å². The number of carbonyl (C=O) groups excluding carboxylic acids is 1. The van der Waals surface area contributed by atoms with Crippen molar-refractivity contribution in [2.45, 2.75) is 44.8 Å². The van der Waals surface area contributed by atoms with Crippen LogP contribution in [0.4, 0.5) is 0 Å². The number of benzene rings is 1. The zero-order valence-electron chi connectivity index (χ0n) is 15.8. The molecular formula is C19H32N4O3. The van der Waals surface area contributed by atoms with E-state index in [1.807, 2.05) is 18.2 Å². The minimum atomic E-state index is -0.0603. The predicted molar refractivity (Wildman–Crippen MR) is 101 cm³/mol. The molecule has 7 heteroatoms. The fourth-order valence-electron chi connectivity index (χ4n) is 2.70. The molecule has 1 aliphatic rings. The van der Waals surface area contributed by atoms with Gasteiger partial charge < -0.3 is 10.6 Å². The molecule has 0 bridgehead atoms. The topological polar surface area (TPSA) is 83.7 Å². The Balaban J connectivity index is 1.64. The number of amides is 1. The van der Waals surface area contributed by atoms with E-state index in [2.05, 4.69) is 40.7 Å². The minimum absolute atomic E-state index is 0.0334. The van der Waals surface area contributed by atoms with Gasteiger partial charge in [-0.1, -0.05) is 30.3 Å². The number of aryl methyl sites for hydroxylation is 1. The van der Waals surface area contributed by atoms with E-state index < -0.39 is 0 Å². The number of hydrogen-bond acceptors (Lipinski definition) is 6. The van der Waals surface area contributed by atoms with Crippen molar-refractivity contribution in [3.8, 4) is 0 Å². The van der Waals surface area contributed by atoms with Crippen LogP contribution >= 0.6 is 0 Å². The second-order valence-electron chi connectivity index (χ2n) is 6.76. The van der Waals surface area contributed by atoms with E-state index in [-0.39, 0.29) is 18.1 Å². The molecule has 1 amide bonds. The summed E-state index contributed by atoms with van der Waals surface area (Å²) in [6.07, 6.45) is 4.43. The number of hydroxylamine groups is 2. The molecule has 0 heterocycles. The van der Waals surface area contributed by atoms with Crippen molar-refractivity contribution < 1.29 is 14.5 Å². The fourth-order valence-corrected chi connectivity index (χ4v) is 2.70. The van der Waals surface area contributed by atoms with Crippen molar-refractivity contribution in [2.24, 2.45) is 5.92 Å². The maximum absolute atomic E-state index is 11.9. The lowest BCUT2D eigenvalue weighted by atomic mass is 10.1. The van der Waals surface area contributed by atoms with Crippen molar-refractivity contribution in [3.63, 3.8) is 0 Å². The van der Waals surface area contributed by atoms with Crippen LogP contribution in [0, 0.1) is 5.92 Å². The first kappa shape index (κ1) is 20.8. The van der Waals surface area contributed by atoms with Gasteiger partial charge in [0.05, 0.1) is 32.0 Å². The molecule has 146 valence electrons. The quantitative estimate of drug-likeness (QED) is 0.225. The SMILES string of the molecule is CNCC(=O)N[C@@H](CCc1ccccc1)CONCNOC(C)C1CC1. The first-order valence-corrected chi connectivity index (χ1v) is 9.40. The van der Waals surface area contributed by atoms with Crippen LogP contribution in [0.1, 0.15) is 31.7 Å². The Hall–Kier alpha value is -1.51. The van der Waals surface area contributed by atoms with Gasteiger partial charge in [0.15, 0.2) is 0 Å². The molecule has 0 spiro atoms. The van der Waals surface area contributed by atoms with Gasteiger partial charge in [0.25, 0.3) is 0 Å². The van der Waals surface area contributed by atoms with Gasteiger partial charge in [-0.05, 0) is 51.1 Å². The Morgan fingerprint density at radius 2 is 2.00 bits per heavy atom. The van der Waals surface area contributed by atoms with Crippen molar-refractivity contribution in [1.29, 1.82) is 0 Å². The smallest absolute Gasteiger partial charge is 0.234 e. The number of nitrogens with one attached hydrogen (secondary N) is 4. The Bertz CT molecular complexity index is 511. The molecule has 0 radical (unpaired) electrons. The molecule has 1 saturated carbocycles. The zero-order chi connectivity index (χ0) is 18.6. The van der Waals surface area contributed by atoms with E-state index in [4.69, 9.17) is 9.68 Å². The van der Waals surface area contributed by atoms with Crippen molar-refractivity contribution in [1.82, 2.24) is 21.6 Å². The lowest BCUT2D eigenvalue weighted by Gasteiger charge is -2.19. The van der Waals surface area contributed by atoms with E-state index in [1.54, 1.807) is 7.05 Å². The third kappa shape index (κ3) is 8.73. The van der Waals surface area contributed by atoms with Crippen LogP contribution in [0.25, 0.3) is 0 Å². The number of hydrogen-bond donors (Lipinski definition) is 4. The van der Waals surface area contributed by atoms with Crippen molar-refractivity contribution in [2.75, 3.05) is 26.9 Å². The molecule has 1 aliphatic carbocycles. The predicted octanol–water partition coefficient (Wildman–Crippen LogP) is 1.12. The zero-order valence-corrected chi connectivity index (χ0v) is 15.8. The Kier molecular flexibility index (Phi) is 9.58. The maximum atomic E-state index is 11.9. The molecule has 1 fully saturated rings. The highest BCUT2D eigenvalue weighted by Gasteiger charge is 2.28. The van der Waals surface area contributed by atoms with Crippen molar-refractivity contribution in [3.05, 3.63) is 35.9 Å². The summed E-state index contributed by atoms with van der Waals surface area (Å²) in [5, 5.41) is 5.86. The first-order chi connectivity index (χ1) is 12.7. The van der Waals surface area contributed by atoms with Crippen LogP contribution in [0.15, 0.2) is 30.3 Å². The summed E-state index contributed by atoms with van der Waals surface area (Å²) in [5.41, 5.74) is 6.94. The summed E-state index contributed by atoms with van der Waals surface area (Å²) >= 11 is 0. The van der Waals surface area contributed by atoms with Crippen LogP contribution in [0.3, 0.4) is 0 Å². The molecule has 0 aliphatic heterocycles. The van der Waals surface area contributed by atoms with Crippen LogP contribution in [0.2, 0.25) is 0 Å². The number of likely N-dealkylation sites (N-methyl/N-ethyl adjacent to an activating group) is 1. The second-order valence-corrected chi connectivity index (χ2v) is 6.76. The molecule has 1 aromatic carbocycles. The van der Waals surface area contributed by atoms with Gasteiger partial charge in [-0.3, -0.25) is 14.5 Å². The van der Waals surface area contributed by atoms with E-state index >= 15 is 0 Å². The average Bonchev–Trinajstić information content (AvgIpc) is 3.48. The van der Waals surface area contributed by atoms with Gasteiger partial charge in [-0.15, -0.1) is 0 Å². The van der Waals surface area contributed by atoms with Gasteiger partial charge in [0.2, 0.25) is 5.91 Å². The molecule has 0 aromatic heterocycles. The highest BCUT2D eigenvalue weighted by molar-refractivity contribution is 5.78. The van der Waals surface area contributed by atoms with Crippen LogP contribution < -0.4 is 21.6 Å². The highest BCUT2D eigenvalue weighted by atomic mass is 16.7. The van der Waals surface area contributed by atoms with E-state index in [0.29, 0.717) is 25.7 Å². The molecule has 1 unspecified atom stereocenters. The fraction of sp³-hybridized carbons (Fsp3) is 0.632. The van der Waals surface area contributed by atoms with Gasteiger partial charge in [0, 0.05) is 0 Å². The normalized spacial score (nSPS) is 16.2. The molecule has 2 atom stereocenters. The molecule has 7 nitrogen and oxygen atoms in total. The summed E-state index contributed by atoms with van der Waals surface area (Å²) < 4.78 is 0. The van der Waals surface area contributed by atoms with E-state index in [1.165, 1.54) is 18.4 Å². The summed E-state index contributed by atoms with van der Waals surface area (Å²) in [5.74, 6) is 0.655. The molecule has 0 saturated heterocycles. The van der Waals surface area contributed by atoms with Gasteiger partial charge in [-0.2, -0.15) is 11.0 Å². The minimum Gasteiger partial charge on any atom is -0.350 e. The second kappa shape index (κ2) is 12.0. The summed E-state index contributed by atoms with van der Waals surface area (Å²) in [6, 6.07) is 10.2. The number of rotatable bonds is 14. The standard InChI is InChI=1S/C19H32N4O3/c1-15(17-9-10-17)26-22-14-21-25-13-18(23-19(24)12-20-2)11-8-16-6-4-3-5-7-16/h3-7,15,17-18,20-22H,8-14H2,1-2H3,(H,23,24)/t15?,18-/m0/s1. The third-order valence-electron chi connectivity index (χ3n) is 4.41. The van der Waals surface area contributed by atoms with Crippen LogP contribution in [-0.4, -0.2) is 44.9 Å². The summed E-state index contributed by atoms with van der Waals surface area (Å²) in [4.78, 5) is 22.9. The first-order valence-electron chi connectivity index (χ1n) is 9.40.